The molecule has 4 N–H and O–H groups in total. The summed E-state index contributed by atoms with van der Waals surface area (Å²) in [5, 5.41) is 12.9. The highest BCUT2D eigenvalue weighted by atomic mass is 32.2. The van der Waals surface area contributed by atoms with Crippen molar-refractivity contribution in [2.75, 3.05) is 21.7 Å². The van der Waals surface area contributed by atoms with Crippen LogP contribution in [0.15, 0.2) is 107 Å². The largest absolute Gasteiger partial charge is 0.326 e. The maximum absolute atomic E-state index is 13.2. The summed E-state index contributed by atoms with van der Waals surface area (Å²) in [4.78, 5) is 51.1. The summed E-state index contributed by atoms with van der Waals surface area (Å²) in [6, 6.07) is 26.3. The van der Waals surface area contributed by atoms with E-state index in [9.17, 15) is 19.2 Å². The molecule has 0 atom stereocenters. The Balaban J connectivity index is 1.37. The highest BCUT2D eigenvalue weighted by molar-refractivity contribution is 8.00. The number of amides is 4. The number of rotatable bonds is 10. The van der Waals surface area contributed by atoms with Gasteiger partial charge in [0.25, 0.3) is 11.8 Å². The number of thiophene rings is 1. The van der Waals surface area contributed by atoms with E-state index < -0.39 is 11.8 Å². The Morgan fingerprint density at radius 1 is 0.775 bits per heavy atom. The first kappa shape index (κ1) is 28.3. The molecule has 0 bridgehead atoms. The fourth-order valence-corrected chi connectivity index (χ4v) is 4.92. The number of carbonyl (C=O) groups is 4. The second-order valence-corrected chi connectivity index (χ2v) is 10.5. The highest BCUT2D eigenvalue weighted by Crippen LogP contribution is 2.23. The minimum absolute atomic E-state index is 0.109. The smallest absolute Gasteiger partial charge is 0.272 e. The minimum atomic E-state index is -0.472. The van der Waals surface area contributed by atoms with Crippen molar-refractivity contribution in [3.05, 3.63) is 113 Å². The quantitative estimate of drug-likeness (QED) is 0.141. The zero-order valence-corrected chi connectivity index (χ0v) is 23.1. The number of hydrogen-bond donors (Lipinski definition) is 4. The predicted octanol–water partition coefficient (Wildman–Crippen LogP) is 5.85. The molecular weight excluding hydrogens is 544 g/mol. The molecule has 4 aromatic rings. The summed E-state index contributed by atoms with van der Waals surface area (Å²) >= 11 is 2.77. The van der Waals surface area contributed by atoms with Crippen molar-refractivity contribution in [3.8, 4) is 0 Å². The average molecular weight is 571 g/mol. The van der Waals surface area contributed by atoms with Crippen LogP contribution in [-0.2, 0) is 14.4 Å². The van der Waals surface area contributed by atoms with Crippen molar-refractivity contribution in [1.82, 2.24) is 5.32 Å². The summed E-state index contributed by atoms with van der Waals surface area (Å²) in [6.45, 7) is 1.43. The molecule has 0 fully saturated rings. The van der Waals surface area contributed by atoms with Gasteiger partial charge in [-0.1, -0.05) is 30.3 Å². The molecule has 202 valence electrons. The molecule has 1 aromatic heterocycles. The van der Waals surface area contributed by atoms with Crippen molar-refractivity contribution < 1.29 is 19.2 Å². The Labute approximate surface area is 239 Å². The van der Waals surface area contributed by atoms with Crippen LogP contribution in [0.4, 0.5) is 17.1 Å². The van der Waals surface area contributed by atoms with Crippen LogP contribution in [0.5, 0.6) is 0 Å². The number of anilines is 3. The fraction of sp³-hybridized carbons (Fsp3) is 0.0667. The summed E-state index contributed by atoms with van der Waals surface area (Å²) < 4.78 is 0. The van der Waals surface area contributed by atoms with Gasteiger partial charge in [0.1, 0.15) is 5.70 Å². The van der Waals surface area contributed by atoms with Gasteiger partial charge in [0.05, 0.1) is 5.75 Å². The van der Waals surface area contributed by atoms with Gasteiger partial charge in [0.2, 0.25) is 11.8 Å². The van der Waals surface area contributed by atoms with Gasteiger partial charge in [-0.2, -0.15) is 0 Å². The van der Waals surface area contributed by atoms with Crippen molar-refractivity contribution in [2.45, 2.75) is 11.8 Å². The molecular formula is C30H26N4O4S2. The van der Waals surface area contributed by atoms with Crippen LogP contribution in [0.25, 0.3) is 6.08 Å². The Bertz CT molecular complexity index is 1520. The summed E-state index contributed by atoms with van der Waals surface area (Å²) in [5.41, 5.74) is 2.33. The summed E-state index contributed by atoms with van der Waals surface area (Å²) in [5.74, 6) is -1.07. The molecule has 0 aliphatic rings. The molecule has 0 aliphatic carbocycles. The lowest BCUT2D eigenvalue weighted by molar-refractivity contribution is -0.114. The Morgan fingerprint density at radius 2 is 1.50 bits per heavy atom. The van der Waals surface area contributed by atoms with E-state index in [0.717, 1.165) is 9.77 Å². The number of benzene rings is 3. The first-order valence-electron chi connectivity index (χ1n) is 12.2. The fourth-order valence-electron chi connectivity index (χ4n) is 3.51. The Hall–Kier alpha value is -4.67. The molecule has 0 saturated heterocycles. The molecule has 1 heterocycles. The first-order valence-corrected chi connectivity index (χ1v) is 14.1. The van der Waals surface area contributed by atoms with E-state index in [4.69, 9.17) is 0 Å². The molecule has 0 unspecified atom stereocenters. The normalized spacial score (nSPS) is 10.9. The van der Waals surface area contributed by atoms with Crippen molar-refractivity contribution >= 4 is 69.9 Å². The van der Waals surface area contributed by atoms with Gasteiger partial charge in [-0.05, 0) is 72.1 Å². The molecule has 4 rings (SSSR count). The van der Waals surface area contributed by atoms with Crippen molar-refractivity contribution in [3.63, 3.8) is 0 Å². The van der Waals surface area contributed by atoms with Crippen LogP contribution in [0.1, 0.15) is 22.2 Å². The summed E-state index contributed by atoms with van der Waals surface area (Å²) in [6.07, 6.45) is 1.63. The van der Waals surface area contributed by atoms with Gasteiger partial charge in [-0.15, -0.1) is 23.1 Å². The zero-order valence-electron chi connectivity index (χ0n) is 21.5. The van der Waals surface area contributed by atoms with E-state index in [1.165, 1.54) is 30.0 Å². The lowest BCUT2D eigenvalue weighted by atomic mass is 10.2. The number of hydrogen-bond acceptors (Lipinski definition) is 6. The van der Waals surface area contributed by atoms with Crippen molar-refractivity contribution in [1.29, 1.82) is 0 Å². The number of nitrogens with one attached hydrogen (secondary N) is 4. The third-order valence-electron chi connectivity index (χ3n) is 5.31. The van der Waals surface area contributed by atoms with E-state index in [-0.39, 0.29) is 23.3 Å². The first-order chi connectivity index (χ1) is 19.4. The third kappa shape index (κ3) is 8.69. The standard InChI is InChI=1S/C30H26N4O4S2/c1-20(35)31-22-12-14-23(15-13-22)32-28(36)19-40-25-10-5-9-24(17-25)33-30(38)27(18-26-11-6-16-39-26)34-29(37)21-7-3-2-4-8-21/h2-18H,19H2,1H3,(H,31,35)(H,32,36)(H,33,38)(H,34,37)/b27-18-. The summed E-state index contributed by atoms with van der Waals surface area (Å²) in [7, 11) is 0. The molecule has 0 radical (unpaired) electrons. The van der Waals surface area contributed by atoms with Gasteiger partial charge in [-0.25, -0.2) is 0 Å². The van der Waals surface area contributed by atoms with Crippen LogP contribution >= 0.6 is 23.1 Å². The maximum Gasteiger partial charge on any atom is 0.272 e. The maximum atomic E-state index is 13.2. The topological polar surface area (TPSA) is 116 Å². The lowest BCUT2D eigenvalue weighted by Gasteiger charge is -2.12. The van der Waals surface area contributed by atoms with E-state index in [1.54, 1.807) is 72.8 Å². The SMILES string of the molecule is CC(=O)Nc1ccc(NC(=O)CSc2cccc(NC(=O)/C(=C/c3cccs3)NC(=O)c3ccccc3)c2)cc1. The van der Waals surface area contributed by atoms with Gasteiger partial charge in [0.15, 0.2) is 0 Å². The van der Waals surface area contributed by atoms with Crippen LogP contribution in [-0.4, -0.2) is 29.4 Å². The molecule has 0 spiro atoms. The molecule has 0 aliphatic heterocycles. The molecule has 0 saturated carbocycles. The Kier molecular flexibility index (Phi) is 9.87. The van der Waals surface area contributed by atoms with E-state index in [0.29, 0.717) is 22.6 Å². The monoisotopic (exact) mass is 570 g/mol. The van der Waals surface area contributed by atoms with Crippen LogP contribution in [0.2, 0.25) is 0 Å². The van der Waals surface area contributed by atoms with E-state index in [1.807, 2.05) is 29.6 Å². The van der Waals surface area contributed by atoms with Gasteiger partial charge in [0, 0.05) is 39.3 Å². The number of thioether (sulfide) groups is 1. The zero-order chi connectivity index (χ0) is 28.3. The second-order valence-electron chi connectivity index (χ2n) is 8.47. The minimum Gasteiger partial charge on any atom is -0.326 e. The van der Waals surface area contributed by atoms with Crippen LogP contribution in [0.3, 0.4) is 0 Å². The molecule has 3 aromatic carbocycles. The van der Waals surface area contributed by atoms with Gasteiger partial charge in [-0.3, -0.25) is 19.2 Å². The highest BCUT2D eigenvalue weighted by Gasteiger charge is 2.16. The molecule has 8 nitrogen and oxygen atoms in total. The van der Waals surface area contributed by atoms with Crippen LogP contribution in [0, 0.1) is 0 Å². The lowest BCUT2D eigenvalue weighted by Crippen LogP contribution is -2.30. The Morgan fingerprint density at radius 3 is 2.17 bits per heavy atom. The van der Waals surface area contributed by atoms with Gasteiger partial charge >= 0.3 is 0 Å². The molecule has 4 amide bonds. The average Bonchev–Trinajstić information content (AvgIpc) is 3.46. The third-order valence-corrected chi connectivity index (χ3v) is 7.12. The van der Waals surface area contributed by atoms with Gasteiger partial charge < -0.3 is 21.3 Å². The second kappa shape index (κ2) is 13.9. The molecule has 10 heteroatoms. The van der Waals surface area contributed by atoms with Crippen molar-refractivity contribution in [2.24, 2.45) is 0 Å². The number of carbonyl (C=O) groups excluding carboxylic acids is 4. The van der Waals surface area contributed by atoms with E-state index >= 15 is 0 Å². The van der Waals surface area contributed by atoms with Crippen LogP contribution < -0.4 is 21.3 Å². The van der Waals surface area contributed by atoms with E-state index in [2.05, 4.69) is 21.3 Å². The predicted molar refractivity (Wildman–Crippen MR) is 161 cm³/mol. The molecule has 40 heavy (non-hydrogen) atoms.